The molecular weight excluding hydrogens is 447 g/mol. The average molecular weight is 465 g/mol. The van der Waals surface area contributed by atoms with Crippen LogP contribution < -0.4 is 15.6 Å². The maximum atomic E-state index is 12.4. The van der Waals surface area contributed by atoms with E-state index in [2.05, 4.69) is 20.8 Å². The minimum Gasteiger partial charge on any atom is -0.492 e. The first-order valence-electron chi connectivity index (χ1n) is 9.00. The number of pyridine rings is 1. The predicted molar refractivity (Wildman–Crippen MR) is 117 cm³/mol. The molecule has 0 aliphatic rings. The zero-order chi connectivity index (χ0) is 21.5. The predicted octanol–water partition coefficient (Wildman–Crippen LogP) is 4.44. The standard InChI is InChI=1S/C20H18Cl2N4O3S/c1-12-18(30-20(24-12)15-5-2-3-9-23-15)19(28)26-25-17(27)6-4-10-29-16-8-7-13(21)11-14(16)22/h2-3,5,7-9,11H,4,6,10H2,1H3,(H,25,27)(H,26,28). The van der Waals surface area contributed by atoms with Gasteiger partial charge in [-0.1, -0.05) is 29.3 Å². The van der Waals surface area contributed by atoms with E-state index in [0.29, 0.717) is 50.1 Å². The number of nitrogens with zero attached hydrogens (tertiary/aromatic N) is 2. The number of benzene rings is 1. The Hall–Kier alpha value is -2.68. The number of aromatic nitrogens is 2. The van der Waals surface area contributed by atoms with Crippen LogP contribution in [0.2, 0.25) is 10.0 Å². The molecule has 1 aromatic carbocycles. The van der Waals surface area contributed by atoms with Crippen LogP contribution in [0.15, 0.2) is 42.6 Å². The molecule has 3 rings (SSSR count). The first kappa shape index (κ1) is 22.0. The molecule has 0 spiro atoms. The third-order valence-electron chi connectivity index (χ3n) is 3.90. The normalized spacial score (nSPS) is 10.5. The monoisotopic (exact) mass is 464 g/mol. The molecule has 0 atom stereocenters. The zero-order valence-corrected chi connectivity index (χ0v) is 18.3. The van der Waals surface area contributed by atoms with E-state index in [1.165, 1.54) is 11.3 Å². The third kappa shape index (κ3) is 5.91. The lowest BCUT2D eigenvalue weighted by Crippen LogP contribution is -2.41. The molecule has 0 saturated carbocycles. The van der Waals surface area contributed by atoms with E-state index >= 15 is 0 Å². The second-order valence-electron chi connectivity index (χ2n) is 6.18. The van der Waals surface area contributed by atoms with Gasteiger partial charge < -0.3 is 4.74 Å². The second-order valence-corrected chi connectivity index (χ2v) is 8.02. The van der Waals surface area contributed by atoms with Gasteiger partial charge in [-0.25, -0.2) is 4.98 Å². The van der Waals surface area contributed by atoms with Crippen LogP contribution in [-0.4, -0.2) is 28.4 Å². The highest BCUT2D eigenvalue weighted by atomic mass is 35.5. The maximum absolute atomic E-state index is 12.4. The van der Waals surface area contributed by atoms with Crippen LogP contribution in [0.1, 0.15) is 28.2 Å². The zero-order valence-electron chi connectivity index (χ0n) is 15.9. The summed E-state index contributed by atoms with van der Waals surface area (Å²) < 4.78 is 5.53. The fraction of sp³-hybridized carbons (Fsp3) is 0.200. The molecule has 10 heteroatoms. The molecule has 3 aromatic rings. The molecule has 2 aromatic heterocycles. The highest BCUT2D eigenvalue weighted by Gasteiger charge is 2.17. The Morgan fingerprint density at radius 1 is 1.17 bits per heavy atom. The summed E-state index contributed by atoms with van der Waals surface area (Å²) in [6.45, 7) is 2.03. The number of halogens is 2. The van der Waals surface area contributed by atoms with Crippen LogP contribution in [0.5, 0.6) is 5.75 Å². The lowest BCUT2D eigenvalue weighted by atomic mass is 10.3. The van der Waals surface area contributed by atoms with Crippen molar-refractivity contribution in [3.63, 3.8) is 0 Å². The molecule has 2 amide bonds. The van der Waals surface area contributed by atoms with Gasteiger partial charge >= 0.3 is 0 Å². The summed E-state index contributed by atoms with van der Waals surface area (Å²) in [5, 5.41) is 1.57. The van der Waals surface area contributed by atoms with E-state index in [1.54, 1.807) is 31.3 Å². The van der Waals surface area contributed by atoms with E-state index in [1.807, 2.05) is 18.2 Å². The SMILES string of the molecule is Cc1nc(-c2ccccn2)sc1C(=O)NNC(=O)CCCOc1ccc(Cl)cc1Cl. The smallest absolute Gasteiger partial charge is 0.281 e. The van der Waals surface area contributed by atoms with Gasteiger partial charge in [-0.15, -0.1) is 11.3 Å². The summed E-state index contributed by atoms with van der Waals surface area (Å²) in [4.78, 5) is 33.4. The molecule has 2 heterocycles. The summed E-state index contributed by atoms with van der Waals surface area (Å²) in [6.07, 6.45) is 2.28. The average Bonchev–Trinajstić information content (AvgIpc) is 3.13. The number of aryl methyl sites for hydroxylation is 1. The Bertz CT molecular complexity index is 1040. The quantitative estimate of drug-likeness (QED) is 0.398. The van der Waals surface area contributed by atoms with Crippen LogP contribution in [-0.2, 0) is 4.79 Å². The van der Waals surface area contributed by atoms with E-state index in [0.717, 1.165) is 0 Å². The summed E-state index contributed by atoms with van der Waals surface area (Å²) in [7, 11) is 0. The van der Waals surface area contributed by atoms with Gasteiger partial charge in [0.15, 0.2) is 0 Å². The summed E-state index contributed by atoms with van der Waals surface area (Å²) in [6, 6.07) is 10.4. The van der Waals surface area contributed by atoms with Crippen molar-refractivity contribution in [2.45, 2.75) is 19.8 Å². The van der Waals surface area contributed by atoms with Gasteiger partial charge in [0, 0.05) is 17.6 Å². The van der Waals surface area contributed by atoms with Crippen molar-refractivity contribution in [2.24, 2.45) is 0 Å². The molecule has 0 fully saturated rings. The highest BCUT2D eigenvalue weighted by Crippen LogP contribution is 2.28. The Labute approximate surface area is 187 Å². The number of amides is 2. The molecule has 0 bridgehead atoms. The Morgan fingerprint density at radius 3 is 2.73 bits per heavy atom. The number of nitrogens with one attached hydrogen (secondary N) is 2. The number of ether oxygens (including phenoxy) is 1. The fourth-order valence-electron chi connectivity index (χ4n) is 2.46. The Balaban J connectivity index is 1.43. The van der Waals surface area contributed by atoms with Gasteiger partial charge in [-0.2, -0.15) is 0 Å². The first-order valence-corrected chi connectivity index (χ1v) is 10.6. The molecule has 0 unspecified atom stereocenters. The van der Waals surface area contributed by atoms with Gasteiger partial charge in [0.05, 0.1) is 23.0 Å². The number of carbonyl (C=O) groups is 2. The maximum Gasteiger partial charge on any atom is 0.281 e. The van der Waals surface area contributed by atoms with Crippen LogP contribution >= 0.6 is 34.5 Å². The molecule has 0 radical (unpaired) electrons. The lowest BCUT2D eigenvalue weighted by molar-refractivity contribution is -0.122. The van der Waals surface area contributed by atoms with Gasteiger partial charge in [0.1, 0.15) is 15.6 Å². The summed E-state index contributed by atoms with van der Waals surface area (Å²) in [5.74, 6) is -0.259. The number of carbonyl (C=O) groups excluding carboxylic acids is 2. The molecule has 7 nitrogen and oxygen atoms in total. The lowest BCUT2D eigenvalue weighted by Gasteiger charge is -2.09. The van der Waals surface area contributed by atoms with E-state index in [4.69, 9.17) is 27.9 Å². The number of rotatable bonds is 7. The van der Waals surface area contributed by atoms with E-state index in [9.17, 15) is 9.59 Å². The molecule has 0 saturated heterocycles. The van der Waals surface area contributed by atoms with Crippen molar-refractivity contribution in [3.8, 4) is 16.5 Å². The number of thiazole rings is 1. The third-order valence-corrected chi connectivity index (χ3v) is 5.61. The van der Waals surface area contributed by atoms with Crippen molar-refractivity contribution in [2.75, 3.05) is 6.61 Å². The van der Waals surface area contributed by atoms with Crippen LogP contribution in [0, 0.1) is 6.92 Å². The van der Waals surface area contributed by atoms with Gasteiger partial charge in [0.25, 0.3) is 5.91 Å². The minimum atomic E-state index is -0.426. The molecule has 0 aliphatic heterocycles. The summed E-state index contributed by atoms with van der Waals surface area (Å²) in [5.41, 5.74) is 6.07. The van der Waals surface area contributed by atoms with E-state index < -0.39 is 5.91 Å². The summed E-state index contributed by atoms with van der Waals surface area (Å²) >= 11 is 13.1. The van der Waals surface area contributed by atoms with Crippen molar-refractivity contribution >= 4 is 46.4 Å². The minimum absolute atomic E-state index is 0.173. The largest absolute Gasteiger partial charge is 0.492 e. The molecule has 0 aliphatic carbocycles. The Morgan fingerprint density at radius 2 is 2.00 bits per heavy atom. The van der Waals surface area contributed by atoms with Crippen molar-refractivity contribution in [1.82, 2.24) is 20.8 Å². The van der Waals surface area contributed by atoms with E-state index in [-0.39, 0.29) is 12.3 Å². The van der Waals surface area contributed by atoms with Gasteiger partial charge in [-0.05, 0) is 43.7 Å². The van der Waals surface area contributed by atoms with Gasteiger partial charge in [0.2, 0.25) is 5.91 Å². The second kappa shape index (κ2) is 10.4. The number of hydrazine groups is 1. The van der Waals surface area contributed by atoms with Crippen molar-refractivity contribution < 1.29 is 14.3 Å². The fourth-order valence-corrected chi connectivity index (χ4v) is 3.86. The van der Waals surface area contributed by atoms with Gasteiger partial charge in [-0.3, -0.25) is 25.4 Å². The molecule has 2 N–H and O–H groups in total. The highest BCUT2D eigenvalue weighted by molar-refractivity contribution is 7.17. The number of hydrogen-bond acceptors (Lipinski definition) is 6. The molecular formula is C20H18Cl2N4O3S. The molecule has 156 valence electrons. The Kier molecular flexibility index (Phi) is 7.62. The topological polar surface area (TPSA) is 93.2 Å². The molecule has 30 heavy (non-hydrogen) atoms. The first-order chi connectivity index (χ1) is 14.4. The van der Waals surface area contributed by atoms with Crippen LogP contribution in [0.25, 0.3) is 10.7 Å². The van der Waals surface area contributed by atoms with Crippen molar-refractivity contribution in [3.05, 3.63) is 63.2 Å². The van der Waals surface area contributed by atoms with Crippen molar-refractivity contribution in [1.29, 1.82) is 0 Å². The number of hydrogen-bond donors (Lipinski definition) is 2. The van der Waals surface area contributed by atoms with Crippen LogP contribution in [0.4, 0.5) is 0 Å². The van der Waals surface area contributed by atoms with Crippen LogP contribution in [0.3, 0.4) is 0 Å².